The lowest BCUT2D eigenvalue weighted by Crippen LogP contribution is -2.38. The Hall–Kier alpha value is -2.03. The molecule has 0 saturated heterocycles. The molecule has 0 spiro atoms. The van der Waals surface area contributed by atoms with E-state index in [0.29, 0.717) is 24.2 Å². The summed E-state index contributed by atoms with van der Waals surface area (Å²) in [5.74, 6) is -0.0502. The maximum Gasteiger partial charge on any atom is 0.241 e. The molecule has 4 rings (SSSR count). The third-order valence-electron chi connectivity index (χ3n) is 4.98. The Bertz CT molecular complexity index is 1020. The molecule has 0 fully saturated rings. The Labute approximate surface area is 162 Å². The number of fused-ring (bicyclic) bond motifs is 1. The van der Waals surface area contributed by atoms with Crippen LogP contribution in [-0.2, 0) is 27.7 Å². The van der Waals surface area contributed by atoms with Gasteiger partial charge in [0.1, 0.15) is 0 Å². The molecule has 1 aromatic heterocycles. The van der Waals surface area contributed by atoms with Crippen molar-refractivity contribution in [3.63, 3.8) is 0 Å². The largest absolute Gasteiger partial charge is 0.273 e. The molecule has 2 aliphatic rings. The SMILES string of the molecule is Cc1ccccc1S(=O)(=O)NC1CCc2sc(C3=NNC(=O)CC3)cc2C1. The number of amides is 1. The van der Waals surface area contributed by atoms with Crippen LogP contribution in [0, 0.1) is 6.92 Å². The molecule has 8 heteroatoms. The minimum atomic E-state index is -3.53. The number of thiophene rings is 1. The van der Waals surface area contributed by atoms with Gasteiger partial charge in [0.25, 0.3) is 0 Å². The number of hydrazone groups is 1. The summed E-state index contributed by atoms with van der Waals surface area (Å²) >= 11 is 1.70. The fourth-order valence-corrected chi connectivity index (χ4v) is 6.30. The fourth-order valence-electron chi connectivity index (χ4n) is 3.56. The van der Waals surface area contributed by atoms with Crippen molar-refractivity contribution in [2.24, 2.45) is 5.10 Å². The van der Waals surface area contributed by atoms with E-state index in [1.165, 1.54) is 10.4 Å². The zero-order chi connectivity index (χ0) is 19.0. The Morgan fingerprint density at radius 2 is 2.04 bits per heavy atom. The average molecular weight is 404 g/mol. The summed E-state index contributed by atoms with van der Waals surface area (Å²) in [6, 6.07) is 9.02. The van der Waals surface area contributed by atoms with E-state index in [0.717, 1.165) is 29.0 Å². The van der Waals surface area contributed by atoms with Crippen LogP contribution >= 0.6 is 11.3 Å². The molecule has 0 bridgehead atoms. The van der Waals surface area contributed by atoms with Gasteiger partial charge in [-0.1, -0.05) is 18.2 Å². The molecule has 2 N–H and O–H groups in total. The van der Waals surface area contributed by atoms with Crippen LogP contribution in [0.15, 0.2) is 40.3 Å². The number of carbonyl (C=O) groups excluding carboxylic acids is 1. The van der Waals surface area contributed by atoms with Crippen LogP contribution in [0.3, 0.4) is 0 Å². The van der Waals surface area contributed by atoms with Crippen LogP contribution < -0.4 is 10.1 Å². The number of nitrogens with one attached hydrogen (secondary N) is 2. The zero-order valence-corrected chi connectivity index (χ0v) is 16.6. The first-order chi connectivity index (χ1) is 12.9. The van der Waals surface area contributed by atoms with Crippen molar-refractivity contribution in [2.75, 3.05) is 0 Å². The molecule has 2 heterocycles. The maximum absolute atomic E-state index is 12.7. The van der Waals surface area contributed by atoms with E-state index in [2.05, 4.69) is 21.3 Å². The van der Waals surface area contributed by atoms with Gasteiger partial charge in [-0.25, -0.2) is 18.6 Å². The Morgan fingerprint density at radius 3 is 2.78 bits per heavy atom. The summed E-state index contributed by atoms with van der Waals surface area (Å²) in [4.78, 5) is 14.0. The van der Waals surface area contributed by atoms with Crippen molar-refractivity contribution >= 4 is 33.0 Å². The lowest BCUT2D eigenvalue weighted by atomic mass is 9.94. The highest BCUT2D eigenvalue weighted by Gasteiger charge is 2.27. The highest BCUT2D eigenvalue weighted by Crippen LogP contribution is 2.32. The molecule has 2 aromatic rings. The second-order valence-electron chi connectivity index (χ2n) is 6.98. The predicted octanol–water partition coefficient (Wildman–Crippen LogP) is 2.51. The number of hydrogen-bond acceptors (Lipinski definition) is 5. The normalized spacial score (nSPS) is 20.0. The van der Waals surface area contributed by atoms with Gasteiger partial charge in [-0.15, -0.1) is 11.3 Å². The minimum Gasteiger partial charge on any atom is -0.273 e. The molecule has 1 aliphatic carbocycles. The van der Waals surface area contributed by atoms with Crippen LogP contribution in [-0.4, -0.2) is 26.1 Å². The third-order valence-corrected chi connectivity index (χ3v) is 7.94. The average Bonchev–Trinajstić information content (AvgIpc) is 3.05. The third kappa shape index (κ3) is 3.83. The monoisotopic (exact) mass is 403 g/mol. The Morgan fingerprint density at radius 1 is 1.22 bits per heavy atom. The smallest absolute Gasteiger partial charge is 0.241 e. The molecule has 27 heavy (non-hydrogen) atoms. The van der Waals surface area contributed by atoms with Gasteiger partial charge in [-0.2, -0.15) is 5.10 Å². The van der Waals surface area contributed by atoms with Crippen molar-refractivity contribution in [1.29, 1.82) is 0 Å². The van der Waals surface area contributed by atoms with Crippen LogP contribution in [0.5, 0.6) is 0 Å². The molecular formula is C19H21N3O3S2. The van der Waals surface area contributed by atoms with E-state index in [9.17, 15) is 13.2 Å². The Balaban J connectivity index is 1.50. The molecule has 1 aromatic carbocycles. The van der Waals surface area contributed by atoms with Gasteiger partial charge in [-0.3, -0.25) is 4.79 Å². The number of aryl methyl sites for hydroxylation is 2. The molecule has 6 nitrogen and oxygen atoms in total. The molecule has 1 unspecified atom stereocenters. The van der Waals surface area contributed by atoms with Crippen molar-refractivity contribution < 1.29 is 13.2 Å². The van der Waals surface area contributed by atoms with Gasteiger partial charge in [-0.05, 0) is 49.4 Å². The fraction of sp³-hybridized carbons (Fsp3) is 0.368. The Kier molecular flexibility index (Phi) is 4.88. The number of benzene rings is 1. The molecule has 142 valence electrons. The van der Waals surface area contributed by atoms with Gasteiger partial charge >= 0.3 is 0 Å². The van der Waals surface area contributed by atoms with E-state index in [-0.39, 0.29) is 11.9 Å². The second-order valence-corrected chi connectivity index (χ2v) is 9.80. The van der Waals surface area contributed by atoms with E-state index >= 15 is 0 Å². The van der Waals surface area contributed by atoms with E-state index in [1.54, 1.807) is 23.5 Å². The van der Waals surface area contributed by atoms with E-state index in [4.69, 9.17) is 0 Å². The lowest BCUT2D eigenvalue weighted by Gasteiger charge is -2.23. The lowest BCUT2D eigenvalue weighted by molar-refractivity contribution is -0.121. The molecule has 1 amide bonds. The number of sulfonamides is 1. The summed E-state index contributed by atoms with van der Waals surface area (Å²) in [5, 5.41) is 4.17. The number of rotatable bonds is 4. The standard InChI is InChI=1S/C19H21N3O3S2/c1-12-4-2-3-5-18(12)27(24,25)22-14-6-8-16-13(10-14)11-17(26-16)15-7-9-19(23)21-20-15/h2-5,11,14,22H,6-10H2,1H3,(H,21,23). The van der Waals surface area contributed by atoms with Crippen molar-refractivity contribution in [1.82, 2.24) is 10.1 Å². The van der Waals surface area contributed by atoms with E-state index in [1.807, 2.05) is 19.1 Å². The minimum absolute atomic E-state index is 0.0502. The van der Waals surface area contributed by atoms with Crippen molar-refractivity contribution in [3.8, 4) is 0 Å². The summed E-state index contributed by atoms with van der Waals surface area (Å²) in [7, 11) is -3.53. The van der Waals surface area contributed by atoms with Crippen LogP contribution in [0.4, 0.5) is 0 Å². The van der Waals surface area contributed by atoms with Gasteiger partial charge in [0.2, 0.25) is 15.9 Å². The summed E-state index contributed by atoms with van der Waals surface area (Å²) in [5.41, 5.74) is 5.37. The van der Waals surface area contributed by atoms with Gasteiger partial charge in [0.15, 0.2) is 0 Å². The summed E-state index contributed by atoms with van der Waals surface area (Å²) < 4.78 is 28.4. The molecule has 0 radical (unpaired) electrons. The van der Waals surface area contributed by atoms with Crippen LogP contribution in [0.2, 0.25) is 0 Å². The quantitative estimate of drug-likeness (QED) is 0.822. The summed E-state index contributed by atoms with van der Waals surface area (Å²) in [6.07, 6.45) is 3.41. The molecule has 0 saturated carbocycles. The topological polar surface area (TPSA) is 87.6 Å². The van der Waals surface area contributed by atoms with Crippen LogP contribution in [0.25, 0.3) is 0 Å². The molecule has 1 aliphatic heterocycles. The van der Waals surface area contributed by atoms with Crippen molar-refractivity contribution in [3.05, 3.63) is 51.2 Å². The van der Waals surface area contributed by atoms with Gasteiger partial charge in [0, 0.05) is 23.8 Å². The van der Waals surface area contributed by atoms with Gasteiger partial charge in [0.05, 0.1) is 15.5 Å². The first-order valence-electron chi connectivity index (χ1n) is 8.98. The number of hydrogen-bond donors (Lipinski definition) is 2. The van der Waals surface area contributed by atoms with Crippen molar-refractivity contribution in [2.45, 2.75) is 50.0 Å². The second kappa shape index (κ2) is 7.18. The highest BCUT2D eigenvalue weighted by molar-refractivity contribution is 7.89. The highest BCUT2D eigenvalue weighted by atomic mass is 32.2. The molecular weight excluding hydrogens is 382 g/mol. The number of nitrogens with zero attached hydrogens (tertiary/aromatic N) is 1. The van der Waals surface area contributed by atoms with E-state index < -0.39 is 10.0 Å². The first-order valence-corrected chi connectivity index (χ1v) is 11.3. The zero-order valence-electron chi connectivity index (χ0n) is 15.0. The maximum atomic E-state index is 12.7. The number of carbonyl (C=O) groups is 1. The van der Waals surface area contributed by atoms with Crippen LogP contribution in [0.1, 0.15) is 40.1 Å². The first kappa shape index (κ1) is 18.3. The molecule has 1 atom stereocenters. The predicted molar refractivity (Wildman–Crippen MR) is 106 cm³/mol. The van der Waals surface area contributed by atoms with Gasteiger partial charge < -0.3 is 0 Å². The summed E-state index contributed by atoms with van der Waals surface area (Å²) in [6.45, 7) is 1.81.